The number of ether oxygens (including phenoxy) is 7. The van der Waals surface area contributed by atoms with Gasteiger partial charge in [0.2, 0.25) is 0 Å². The zero-order valence-electron chi connectivity index (χ0n) is 23.2. The Bertz CT molecular complexity index is 881. The summed E-state index contributed by atoms with van der Waals surface area (Å²) in [6.07, 6.45) is -31.8. The molecule has 0 aliphatic carbocycles. The Morgan fingerprint density at radius 1 is 0.409 bits per heavy atom. The first-order chi connectivity index (χ1) is 20.9. The monoisotopic (exact) mass is 650 g/mol. The van der Waals surface area contributed by atoms with E-state index in [9.17, 15) is 66.4 Å². The van der Waals surface area contributed by atoms with Crippen molar-refractivity contribution in [2.75, 3.05) is 26.4 Å². The van der Waals surface area contributed by atoms with E-state index in [0.717, 1.165) is 0 Å². The minimum atomic E-state index is -1.99. The molecule has 4 saturated heterocycles. The van der Waals surface area contributed by atoms with E-state index in [-0.39, 0.29) is 6.42 Å². The van der Waals surface area contributed by atoms with Gasteiger partial charge in [-0.1, -0.05) is 0 Å². The van der Waals surface area contributed by atoms with Gasteiger partial charge in [0, 0.05) is 6.42 Å². The van der Waals surface area contributed by atoms with Gasteiger partial charge in [0.15, 0.2) is 25.2 Å². The molecule has 4 aliphatic heterocycles. The third kappa shape index (κ3) is 7.35. The van der Waals surface area contributed by atoms with E-state index < -0.39 is 143 Å². The maximum atomic E-state index is 10.8. The average molecular weight is 651 g/mol. The number of hydrogen-bond acceptors (Lipinski definition) is 20. The summed E-state index contributed by atoms with van der Waals surface area (Å²) in [6.45, 7) is -3.02. The van der Waals surface area contributed by atoms with Crippen molar-refractivity contribution in [1.29, 1.82) is 0 Å². The van der Waals surface area contributed by atoms with Crippen LogP contribution in [0.1, 0.15) is 6.42 Å². The third-order valence-electron chi connectivity index (χ3n) is 8.05. The van der Waals surface area contributed by atoms with Crippen molar-refractivity contribution in [2.24, 2.45) is 0 Å². The second-order valence-electron chi connectivity index (χ2n) is 11.1. The van der Waals surface area contributed by atoms with Crippen molar-refractivity contribution >= 4 is 0 Å². The van der Waals surface area contributed by atoms with Gasteiger partial charge in [-0.05, 0) is 0 Å². The Morgan fingerprint density at radius 3 is 1.27 bits per heavy atom. The lowest BCUT2D eigenvalue weighted by molar-refractivity contribution is -0.393. The highest BCUT2D eigenvalue weighted by Gasteiger charge is 2.54. The molecule has 0 spiro atoms. The molecule has 20 nitrogen and oxygen atoms in total. The normalized spacial score (nSPS) is 52.2. The minimum Gasteiger partial charge on any atom is -0.394 e. The van der Waals surface area contributed by atoms with E-state index in [1.807, 2.05) is 0 Å². The summed E-state index contributed by atoms with van der Waals surface area (Å²) in [7, 11) is 0. The number of rotatable bonds is 10. The van der Waals surface area contributed by atoms with E-state index in [4.69, 9.17) is 33.2 Å². The summed E-state index contributed by atoms with van der Waals surface area (Å²) in [4.78, 5) is 0. The fraction of sp³-hybridized carbons (Fsp3) is 1.00. The SMILES string of the molecule is OC[C@@H]1C[C@H](O)[C@@H](O)[C@@H](O[C@H]2O[C@H](CO)[C@@H](O[C@@H]3O[C@H](CO)[C@@H](O[C@H]4O[C@H](CO)[C@@H](O)[C@H](O)[C@H]4O)[C@H](O)[C@H]3O)[C@H](O)[C@H]2O)O1. The standard InChI is InChI=1S/C24H42O20/c25-2-6-1-7(29)11(30)21(38-6)44-24-18(37)15(34)20(10(5-28)41-24)43-23-17(36)14(33)19(9(4-27)40-23)42-22-16(35)13(32)12(31)8(3-26)39-22/h6-37H,1-5H2/t6-,7-,8+,9+,10+,11+,12+,13-,14+,15+,16+,17+,18+,19+,20+,21+,22+,23-,24+/m0/s1. The van der Waals surface area contributed by atoms with Crippen LogP contribution in [0.3, 0.4) is 0 Å². The fourth-order valence-electron chi connectivity index (χ4n) is 5.43. The van der Waals surface area contributed by atoms with Crippen LogP contribution >= 0.6 is 0 Å². The van der Waals surface area contributed by atoms with Crippen LogP contribution in [0.15, 0.2) is 0 Å². The van der Waals surface area contributed by atoms with E-state index >= 15 is 0 Å². The molecular formula is C24H42O20. The van der Waals surface area contributed by atoms with Gasteiger partial charge in [-0.2, -0.15) is 0 Å². The lowest BCUT2D eigenvalue weighted by atomic mass is 9.96. The molecule has 0 saturated carbocycles. The third-order valence-corrected chi connectivity index (χ3v) is 8.05. The molecule has 20 heteroatoms. The molecule has 4 rings (SSSR count). The molecule has 19 atom stereocenters. The summed E-state index contributed by atoms with van der Waals surface area (Å²) in [5.41, 5.74) is 0. The van der Waals surface area contributed by atoms with Crippen LogP contribution in [0.25, 0.3) is 0 Å². The lowest BCUT2D eigenvalue weighted by Crippen LogP contribution is -2.67. The van der Waals surface area contributed by atoms with Crippen molar-refractivity contribution in [3.8, 4) is 0 Å². The molecule has 0 amide bonds. The zero-order chi connectivity index (χ0) is 32.5. The molecule has 4 fully saturated rings. The molecule has 0 radical (unpaired) electrons. The molecule has 258 valence electrons. The van der Waals surface area contributed by atoms with Crippen LogP contribution in [0.4, 0.5) is 0 Å². The van der Waals surface area contributed by atoms with Crippen LogP contribution in [-0.4, -0.2) is 210 Å². The molecule has 0 aromatic rings. The molecular weight excluding hydrogens is 608 g/mol. The minimum absolute atomic E-state index is 0.109. The summed E-state index contributed by atoms with van der Waals surface area (Å²) in [5, 5.41) is 132. The molecule has 44 heavy (non-hydrogen) atoms. The highest BCUT2D eigenvalue weighted by molar-refractivity contribution is 4.96. The van der Waals surface area contributed by atoms with Crippen molar-refractivity contribution < 1.29 is 99.5 Å². The first kappa shape index (κ1) is 36.0. The Morgan fingerprint density at radius 2 is 0.818 bits per heavy atom. The number of hydrogen-bond donors (Lipinski definition) is 13. The molecule has 13 N–H and O–H groups in total. The topological polar surface area (TPSA) is 328 Å². The summed E-state index contributed by atoms with van der Waals surface area (Å²) in [6, 6.07) is 0. The first-order valence-corrected chi connectivity index (χ1v) is 14.0. The van der Waals surface area contributed by atoms with Gasteiger partial charge in [-0.15, -0.1) is 0 Å². The van der Waals surface area contributed by atoms with Crippen LogP contribution in [0.5, 0.6) is 0 Å². The van der Waals surface area contributed by atoms with Gasteiger partial charge in [0.05, 0.1) is 38.6 Å². The Hall–Kier alpha value is -0.800. The van der Waals surface area contributed by atoms with Crippen LogP contribution < -0.4 is 0 Å². The smallest absolute Gasteiger partial charge is 0.189 e. The largest absolute Gasteiger partial charge is 0.394 e. The van der Waals surface area contributed by atoms with Crippen molar-refractivity contribution in [2.45, 2.75) is 123 Å². The summed E-state index contributed by atoms with van der Waals surface area (Å²) in [5.74, 6) is 0. The predicted octanol–water partition coefficient (Wildman–Crippen LogP) is -8.72. The second-order valence-corrected chi connectivity index (χ2v) is 11.1. The van der Waals surface area contributed by atoms with Crippen molar-refractivity contribution in [3.05, 3.63) is 0 Å². The van der Waals surface area contributed by atoms with E-state index in [0.29, 0.717) is 0 Å². The fourth-order valence-corrected chi connectivity index (χ4v) is 5.43. The second kappa shape index (κ2) is 15.4. The maximum Gasteiger partial charge on any atom is 0.189 e. The Kier molecular flexibility index (Phi) is 12.6. The Balaban J connectivity index is 1.42. The van der Waals surface area contributed by atoms with Crippen LogP contribution in [-0.2, 0) is 33.2 Å². The van der Waals surface area contributed by atoms with Gasteiger partial charge >= 0.3 is 0 Å². The lowest BCUT2D eigenvalue weighted by Gasteiger charge is -2.48. The zero-order valence-corrected chi connectivity index (χ0v) is 23.2. The van der Waals surface area contributed by atoms with Gasteiger partial charge in [0.1, 0.15) is 79.4 Å². The van der Waals surface area contributed by atoms with E-state index in [2.05, 4.69) is 0 Å². The van der Waals surface area contributed by atoms with Crippen molar-refractivity contribution in [1.82, 2.24) is 0 Å². The van der Waals surface area contributed by atoms with Crippen LogP contribution in [0, 0.1) is 0 Å². The molecule has 4 heterocycles. The number of aliphatic hydroxyl groups is 13. The maximum absolute atomic E-state index is 10.8. The Labute approximate surface area is 249 Å². The highest BCUT2D eigenvalue weighted by Crippen LogP contribution is 2.33. The molecule has 0 unspecified atom stereocenters. The quantitative estimate of drug-likeness (QED) is 0.104. The first-order valence-electron chi connectivity index (χ1n) is 14.0. The number of aliphatic hydroxyl groups excluding tert-OH is 13. The molecule has 0 bridgehead atoms. The van der Waals surface area contributed by atoms with Crippen LogP contribution in [0.2, 0.25) is 0 Å². The van der Waals surface area contributed by atoms with Crippen molar-refractivity contribution in [3.63, 3.8) is 0 Å². The summed E-state index contributed by atoms with van der Waals surface area (Å²) < 4.78 is 38.0. The molecule has 0 aromatic carbocycles. The van der Waals surface area contributed by atoms with Gasteiger partial charge in [-0.25, -0.2) is 0 Å². The summed E-state index contributed by atoms with van der Waals surface area (Å²) >= 11 is 0. The highest BCUT2D eigenvalue weighted by atomic mass is 16.8. The van der Waals surface area contributed by atoms with Gasteiger partial charge < -0.3 is 99.5 Å². The predicted molar refractivity (Wildman–Crippen MR) is 132 cm³/mol. The van der Waals surface area contributed by atoms with E-state index in [1.54, 1.807) is 0 Å². The van der Waals surface area contributed by atoms with Gasteiger partial charge in [0.25, 0.3) is 0 Å². The molecule has 0 aromatic heterocycles. The average Bonchev–Trinajstić information content (AvgIpc) is 3.01. The van der Waals surface area contributed by atoms with E-state index in [1.165, 1.54) is 0 Å². The van der Waals surface area contributed by atoms with Gasteiger partial charge in [-0.3, -0.25) is 0 Å². The molecule has 4 aliphatic rings.